The Hall–Kier alpha value is -2.10. The van der Waals surface area contributed by atoms with Gasteiger partial charge in [-0.05, 0) is 37.8 Å². The van der Waals surface area contributed by atoms with Crippen LogP contribution in [0.4, 0.5) is 0 Å². The Morgan fingerprint density at radius 2 is 1.30 bits per heavy atom. The molecule has 0 spiro atoms. The largest absolute Gasteiger partial charge is 0.462 e. The molecule has 150 valence electrons. The molecule has 4 heteroatoms. The molecule has 0 radical (unpaired) electrons. The van der Waals surface area contributed by atoms with Crippen molar-refractivity contribution in [3.05, 3.63) is 47.5 Å². The van der Waals surface area contributed by atoms with Gasteiger partial charge >= 0.3 is 11.9 Å². The third kappa shape index (κ3) is 9.97. The van der Waals surface area contributed by atoms with Crippen LogP contribution in [0, 0.1) is 0 Å². The second kappa shape index (κ2) is 15.0. The summed E-state index contributed by atoms with van der Waals surface area (Å²) in [6.07, 6.45) is 13.9. The van der Waals surface area contributed by atoms with Gasteiger partial charge in [0.15, 0.2) is 0 Å². The second-order valence-corrected chi connectivity index (χ2v) is 6.63. The van der Waals surface area contributed by atoms with Crippen LogP contribution >= 0.6 is 0 Å². The maximum Gasteiger partial charge on any atom is 0.339 e. The quantitative estimate of drug-likeness (QED) is 0.224. The number of ether oxygens (including phenoxy) is 2. The fourth-order valence-corrected chi connectivity index (χ4v) is 2.66. The number of benzene rings is 1. The van der Waals surface area contributed by atoms with Crippen LogP contribution in [0.2, 0.25) is 0 Å². The maximum absolute atomic E-state index is 12.3. The van der Waals surface area contributed by atoms with E-state index in [0.29, 0.717) is 19.6 Å². The molecule has 0 unspecified atom stereocenters. The van der Waals surface area contributed by atoms with Crippen LogP contribution in [0.5, 0.6) is 0 Å². The highest BCUT2D eigenvalue weighted by Gasteiger charge is 2.18. The average molecular weight is 375 g/mol. The Morgan fingerprint density at radius 3 is 1.93 bits per heavy atom. The summed E-state index contributed by atoms with van der Waals surface area (Å²) in [4.78, 5) is 24.5. The van der Waals surface area contributed by atoms with Crippen molar-refractivity contribution < 1.29 is 19.1 Å². The zero-order valence-corrected chi connectivity index (χ0v) is 16.9. The topological polar surface area (TPSA) is 52.6 Å². The zero-order chi connectivity index (χ0) is 19.7. The predicted molar refractivity (Wildman–Crippen MR) is 109 cm³/mol. The van der Waals surface area contributed by atoms with Gasteiger partial charge < -0.3 is 9.47 Å². The van der Waals surface area contributed by atoms with E-state index in [0.717, 1.165) is 25.7 Å². The third-order valence-corrected chi connectivity index (χ3v) is 4.26. The van der Waals surface area contributed by atoms with Gasteiger partial charge in [0, 0.05) is 0 Å². The van der Waals surface area contributed by atoms with Gasteiger partial charge in [0.25, 0.3) is 0 Å². The molecule has 1 rings (SSSR count). The number of rotatable bonds is 14. The van der Waals surface area contributed by atoms with Gasteiger partial charge in [-0.2, -0.15) is 0 Å². The summed E-state index contributed by atoms with van der Waals surface area (Å²) < 4.78 is 10.6. The van der Waals surface area contributed by atoms with Crippen molar-refractivity contribution in [1.29, 1.82) is 0 Å². The number of carbonyl (C=O) groups is 2. The SMILES string of the molecule is CCCCCC/C=C/CCOC(=O)c1ccccc1C(=O)OCCCCC. The molecule has 0 bridgehead atoms. The van der Waals surface area contributed by atoms with E-state index in [1.165, 1.54) is 25.7 Å². The molecule has 0 saturated heterocycles. The van der Waals surface area contributed by atoms with Crippen molar-refractivity contribution in [1.82, 2.24) is 0 Å². The maximum atomic E-state index is 12.3. The molecule has 1 aromatic carbocycles. The van der Waals surface area contributed by atoms with Crippen LogP contribution in [0.15, 0.2) is 36.4 Å². The monoisotopic (exact) mass is 374 g/mol. The van der Waals surface area contributed by atoms with Crippen LogP contribution in [0.1, 0.15) is 92.4 Å². The molecule has 1 aromatic rings. The molecule has 0 aliphatic carbocycles. The fourth-order valence-electron chi connectivity index (χ4n) is 2.66. The summed E-state index contributed by atoms with van der Waals surface area (Å²) in [6.45, 7) is 4.98. The van der Waals surface area contributed by atoms with Gasteiger partial charge in [-0.15, -0.1) is 0 Å². The lowest BCUT2D eigenvalue weighted by Gasteiger charge is -2.09. The first-order valence-electron chi connectivity index (χ1n) is 10.3. The van der Waals surface area contributed by atoms with Gasteiger partial charge in [-0.25, -0.2) is 9.59 Å². The number of hydrogen-bond acceptors (Lipinski definition) is 4. The average Bonchev–Trinajstić information content (AvgIpc) is 2.69. The Bertz CT molecular complexity index is 577. The van der Waals surface area contributed by atoms with Crippen molar-refractivity contribution in [2.75, 3.05) is 13.2 Å². The van der Waals surface area contributed by atoms with Crippen LogP contribution in [-0.4, -0.2) is 25.2 Å². The summed E-state index contributed by atoms with van der Waals surface area (Å²) in [5.74, 6) is -0.946. The molecule has 0 heterocycles. The third-order valence-electron chi connectivity index (χ3n) is 4.26. The molecule has 0 aliphatic heterocycles. The minimum atomic E-state index is -0.479. The van der Waals surface area contributed by atoms with Gasteiger partial charge in [-0.1, -0.05) is 70.2 Å². The molecular weight excluding hydrogens is 340 g/mol. The summed E-state index contributed by atoms with van der Waals surface area (Å²) in [7, 11) is 0. The van der Waals surface area contributed by atoms with Gasteiger partial charge in [0.1, 0.15) is 0 Å². The molecule has 0 saturated carbocycles. The first-order valence-corrected chi connectivity index (χ1v) is 10.3. The molecule has 0 aromatic heterocycles. The van der Waals surface area contributed by atoms with Gasteiger partial charge in [0.05, 0.1) is 24.3 Å². The summed E-state index contributed by atoms with van der Waals surface area (Å²) in [6, 6.07) is 6.66. The number of esters is 2. The van der Waals surface area contributed by atoms with Crippen molar-refractivity contribution in [3.8, 4) is 0 Å². The van der Waals surface area contributed by atoms with Crippen LogP contribution in [0.3, 0.4) is 0 Å². The van der Waals surface area contributed by atoms with E-state index >= 15 is 0 Å². The second-order valence-electron chi connectivity index (χ2n) is 6.63. The molecule has 0 fully saturated rings. The molecule has 0 atom stereocenters. The number of carbonyl (C=O) groups excluding carboxylic acids is 2. The van der Waals surface area contributed by atoms with Crippen molar-refractivity contribution >= 4 is 11.9 Å². The van der Waals surface area contributed by atoms with Crippen molar-refractivity contribution in [3.63, 3.8) is 0 Å². The first kappa shape index (κ1) is 22.9. The van der Waals surface area contributed by atoms with E-state index in [2.05, 4.69) is 19.9 Å². The van der Waals surface area contributed by atoms with Crippen molar-refractivity contribution in [2.45, 2.75) is 71.6 Å². The lowest BCUT2D eigenvalue weighted by Crippen LogP contribution is -2.14. The highest BCUT2D eigenvalue weighted by Crippen LogP contribution is 2.13. The highest BCUT2D eigenvalue weighted by molar-refractivity contribution is 6.03. The summed E-state index contributed by atoms with van der Waals surface area (Å²) in [5.41, 5.74) is 0.534. The zero-order valence-electron chi connectivity index (χ0n) is 16.9. The minimum absolute atomic E-state index is 0.265. The Balaban J connectivity index is 2.40. The van der Waals surface area contributed by atoms with Crippen LogP contribution in [0.25, 0.3) is 0 Å². The number of hydrogen-bond donors (Lipinski definition) is 0. The van der Waals surface area contributed by atoms with E-state index in [1.807, 2.05) is 6.08 Å². The van der Waals surface area contributed by atoms with E-state index in [9.17, 15) is 9.59 Å². The molecule has 27 heavy (non-hydrogen) atoms. The van der Waals surface area contributed by atoms with E-state index in [1.54, 1.807) is 24.3 Å². The molecule has 4 nitrogen and oxygen atoms in total. The normalized spacial score (nSPS) is 10.9. The van der Waals surface area contributed by atoms with E-state index in [4.69, 9.17) is 9.47 Å². The lowest BCUT2D eigenvalue weighted by molar-refractivity contribution is 0.0457. The number of allylic oxidation sites excluding steroid dienone is 1. The van der Waals surface area contributed by atoms with Gasteiger partial charge in [0.2, 0.25) is 0 Å². The molecule has 0 amide bonds. The Labute approximate surface area is 163 Å². The smallest absolute Gasteiger partial charge is 0.339 e. The first-order chi connectivity index (χ1) is 13.2. The van der Waals surface area contributed by atoms with Crippen molar-refractivity contribution in [2.24, 2.45) is 0 Å². The fraction of sp³-hybridized carbons (Fsp3) is 0.565. The summed E-state index contributed by atoms with van der Waals surface area (Å²) >= 11 is 0. The minimum Gasteiger partial charge on any atom is -0.462 e. The van der Waals surface area contributed by atoms with Gasteiger partial charge in [-0.3, -0.25) is 0 Å². The van der Waals surface area contributed by atoms with E-state index < -0.39 is 11.9 Å². The van der Waals surface area contributed by atoms with E-state index in [-0.39, 0.29) is 11.1 Å². The number of unbranched alkanes of at least 4 members (excludes halogenated alkanes) is 6. The lowest BCUT2D eigenvalue weighted by atomic mass is 10.1. The standard InChI is InChI=1S/C23H34O4/c1-3-5-7-8-9-10-11-15-19-27-23(25)21-17-13-12-16-20(21)22(24)26-18-14-6-4-2/h10-13,16-17H,3-9,14-15,18-19H2,1-2H3/b11-10+. The van der Waals surface area contributed by atoms with Crippen LogP contribution < -0.4 is 0 Å². The highest BCUT2D eigenvalue weighted by atomic mass is 16.5. The molecular formula is C23H34O4. The Morgan fingerprint density at radius 1 is 0.741 bits per heavy atom. The molecule has 0 N–H and O–H groups in total. The Kier molecular flexibility index (Phi) is 12.7. The molecule has 0 aliphatic rings. The predicted octanol–water partition coefficient (Wildman–Crippen LogP) is 6.11. The van der Waals surface area contributed by atoms with Crippen LogP contribution in [-0.2, 0) is 9.47 Å². The summed E-state index contributed by atoms with van der Waals surface area (Å²) in [5, 5.41) is 0.